The molecule has 2 N–H and O–H groups in total. The van der Waals surface area contributed by atoms with Gasteiger partial charge in [0.1, 0.15) is 11.6 Å². The van der Waals surface area contributed by atoms with E-state index in [-0.39, 0.29) is 12.0 Å². The van der Waals surface area contributed by atoms with E-state index in [4.69, 9.17) is 26.8 Å². The van der Waals surface area contributed by atoms with Gasteiger partial charge < -0.3 is 20.1 Å². The molecule has 2 aromatic rings. The number of ether oxygens (including phenoxy) is 2. The van der Waals surface area contributed by atoms with E-state index in [1.165, 1.54) is 0 Å². The van der Waals surface area contributed by atoms with Crippen molar-refractivity contribution in [2.75, 3.05) is 42.6 Å². The van der Waals surface area contributed by atoms with Gasteiger partial charge in [-0.2, -0.15) is 4.98 Å². The quantitative estimate of drug-likeness (QED) is 0.776. The van der Waals surface area contributed by atoms with Gasteiger partial charge in [-0.3, -0.25) is 0 Å². The number of aryl methyl sites for hydroxylation is 1. The molecular weight excluding hydrogens is 404 g/mol. The summed E-state index contributed by atoms with van der Waals surface area (Å²) < 4.78 is 33.7. The van der Waals surface area contributed by atoms with Crippen LogP contribution in [0.4, 0.5) is 11.8 Å². The Morgan fingerprint density at radius 3 is 2.82 bits per heavy atom. The maximum atomic E-state index is 11.3. The van der Waals surface area contributed by atoms with Crippen LogP contribution in [0.1, 0.15) is 23.7 Å². The summed E-state index contributed by atoms with van der Waals surface area (Å²) in [4.78, 5) is 10.6. The van der Waals surface area contributed by atoms with E-state index in [9.17, 15) is 8.42 Å². The van der Waals surface area contributed by atoms with Crippen molar-refractivity contribution in [2.24, 2.45) is 0 Å². The highest BCUT2D eigenvalue weighted by atomic mass is 35.5. The molecule has 1 saturated heterocycles. The number of nitrogen functional groups attached to an aromatic ring is 1. The summed E-state index contributed by atoms with van der Waals surface area (Å²) in [6.45, 7) is 3.67. The maximum absolute atomic E-state index is 11.3. The van der Waals surface area contributed by atoms with Crippen molar-refractivity contribution in [3.63, 3.8) is 0 Å². The van der Waals surface area contributed by atoms with Crippen LogP contribution in [0.25, 0.3) is 0 Å². The van der Waals surface area contributed by atoms with Gasteiger partial charge in [-0.25, -0.2) is 13.4 Å². The summed E-state index contributed by atoms with van der Waals surface area (Å²) in [5.74, 6) is 0.923. The lowest BCUT2D eigenvalue weighted by atomic mass is 10.1. The zero-order valence-electron chi connectivity index (χ0n) is 15.8. The summed E-state index contributed by atoms with van der Waals surface area (Å²) >= 11 is 6.51. The van der Waals surface area contributed by atoms with E-state index in [0.29, 0.717) is 29.8 Å². The Labute approximate surface area is 169 Å². The zero-order valence-corrected chi connectivity index (χ0v) is 17.3. The Morgan fingerprint density at radius 1 is 1.36 bits per heavy atom. The SMILES string of the molecule is Cc1cc(N2CCCOC[C@H]2c2ccc(OCS(C)(=O)=O)cc2Cl)nc(N)n1. The number of hydrogen-bond donors (Lipinski definition) is 1. The number of benzene rings is 1. The first kappa shape index (κ1) is 20.6. The number of nitrogens with two attached hydrogens (primary N) is 1. The molecule has 1 aromatic heterocycles. The van der Waals surface area contributed by atoms with Crippen molar-refractivity contribution in [1.29, 1.82) is 0 Å². The maximum Gasteiger partial charge on any atom is 0.222 e. The van der Waals surface area contributed by atoms with Crippen LogP contribution in [0.15, 0.2) is 24.3 Å². The molecule has 0 bridgehead atoms. The summed E-state index contributed by atoms with van der Waals surface area (Å²) in [6.07, 6.45) is 1.95. The lowest BCUT2D eigenvalue weighted by molar-refractivity contribution is 0.134. The molecule has 0 radical (unpaired) electrons. The lowest BCUT2D eigenvalue weighted by Gasteiger charge is -2.31. The second-order valence-corrected chi connectivity index (χ2v) is 9.23. The van der Waals surface area contributed by atoms with Gasteiger partial charge >= 0.3 is 0 Å². The number of aromatic nitrogens is 2. The first-order valence-electron chi connectivity index (χ1n) is 8.78. The fourth-order valence-corrected chi connectivity index (χ4v) is 3.72. The summed E-state index contributed by atoms with van der Waals surface area (Å²) in [6, 6.07) is 6.85. The van der Waals surface area contributed by atoms with Crippen LogP contribution in [-0.4, -0.2) is 50.3 Å². The molecule has 3 rings (SSSR count). The summed E-state index contributed by atoms with van der Waals surface area (Å²) in [5.41, 5.74) is 7.45. The summed E-state index contributed by atoms with van der Waals surface area (Å²) in [7, 11) is -3.24. The number of sulfone groups is 1. The molecule has 0 unspecified atom stereocenters. The molecule has 28 heavy (non-hydrogen) atoms. The number of halogens is 1. The van der Waals surface area contributed by atoms with E-state index in [0.717, 1.165) is 30.5 Å². The molecule has 0 spiro atoms. The summed E-state index contributed by atoms with van der Waals surface area (Å²) in [5, 5.41) is 0.463. The molecule has 1 aliphatic heterocycles. The number of nitrogens with zero attached hydrogens (tertiary/aromatic N) is 3. The van der Waals surface area contributed by atoms with Crippen molar-refractivity contribution < 1.29 is 17.9 Å². The van der Waals surface area contributed by atoms with Crippen molar-refractivity contribution in [2.45, 2.75) is 19.4 Å². The molecule has 1 fully saturated rings. The van der Waals surface area contributed by atoms with Gasteiger partial charge in [0.05, 0.1) is 12.6 Å². The van der Waals surface area contributed by atoms with Crippen molar-refractivity contribution in [1.82, 2.24) is 9.97 Å². The smallest absolute Gasteiger partial charge is 0.222 e. The molecule has 1 atom stereocenters. The molecule has 1 aromatic carbocycles. The van der Waals surface area contributed by atoms with E-state index >= 15 is 0 Å². The Kier molecular flexibility index (Phi) is 6.26. The molecule has 2 heterocycles. The van der Waals surface area contributed by atoms with Crippen LogP contribution < -0.4 is 15.4 Å². The third-order valence-corrected chi connectivity index (χ3v) is 5.14. The predicted molar refractivity (Wildman–Crippen MR) is 108 cm³/mol. The van der Waals surface area contributed by atoms with Crippen molar-refractivity contribution in [3.8, 4) is 5.75 Å². The Balaban J connectivity index is 1.92. The number of anilines is 2. The highest BCUT2D eigenvalue weighted by Crippen LogP contribution is 2.34. The molecular formula is C18H23ClN4O4S. The van der Waals surface area contributed by atoms with Gasteiger partial charge in [0.2, 0.25) is 5.95 Å². The largest absolute Gasteiger partial charge is 0.478 e. The monoisotopic (exact) mass is 426 g/mol. The van der Waals surface area contributed by atoms with Crippen LogP contribution in [0.2, 0.25) is 5.02 Å². The van der Waals surface area contributed by atoms with Gasteiger partial charge in [-0.1, -0.05) is 17.7 Å². The lowest BCUT2D eigenvalue weighted by Crippen LogP contribution is -2.32. The minimum absolute atomic E-state index is 0.173. The first-order valence-corrected chi connectivity index (χ1v) is 11.2. The Hall–Kier alpha value is -2.10. The molecule has 0 saturated carbocycles. The van der Waals surface area contributed by atoms with E-state index < -0.39 is 15.8 Å². The number of hydrogen-bond acceptors (Lipinski definition) is 8. The standard InChI is InChI=1S/C18H23ClN4O4S/c1-12-8-17(22-18(20)21-12)23-6-3-7-26-10-16(23)14-5-4-13(9-15(14)19)27-11-28(2,24)25/h4-5,8-9,16H,3,6-7,10-11H2,1-2H3,(H2,20,21,22)/t16-/m0/s1. The van der Waals surface area contributed by atoms with E-state index in [1.807, 2.05) is 19.1 Å². The highest BCUT2D eigenvalue weighted by Gasteiger charge is 2.27. The second kappa shape index (κ2) is 8.50. The van der Waals surface area contributed by atoms with Gasteiger partial charge in [0, 0.05) is 36.2 Å². The molecule has 0 amide bonds. The predicted octanol–water partition coefficient (Wildman–Crippen LogP) is 2.37. The van der Waals surface area contributed by atoms with E-state index in [2.05, 4.69) is 14.9 Å². The van der Waals surface area contributed by atoms with Gasteiger partial charge in [0.25, 0.3) is 0 Å². The fourth-order valence-electron chi connectivity index (χ4n) is 3.07. The second-order valence-electron chi connectivity index (χ2n) is 6.73. The van der Waals surface area contributed by atoms with Crippen LogP contribution in [0.5, 0.6) is 5.75 Å². The third-order valence-electron chi connectivity index (χ3n) is 4.26. The molecule has 152 valence electrons. The third kappa shape index (κ3) is 5.24. The van der Waals surface area contributed by atoms with Crippen LogP contribution in [0.3, 0.4) is 0 Å². The van der Waals surface area contributed by atoms with Crippen molar-refractivity contribution in [3.05, 3.63) is 40.5 Å². The van der Waals surface area contributed by atoms with Crippen LogP contribution in [-0.2, 0) is 14.6 Å². The normalized spacial score (nSPS) is 18.0. The molecule has 1 aliphatic rings. The Morgan fingerprint density at radius 2 is 2.14 bits per heavy atom. The highest BCUT2D eigenvalue weighted by molar-refractivity contribution is 7.90. The minimum atomic E-state index is -3.24. The zero-order chi connectivity index (χ0) is 20.3. The van der Waals surface area contributed by atoms with Crippen molar-refractivity contribution >= 4 is 33.2 Å². The minimum Gasteiger partial charge on any atom is -0.478 e. The van der Waals surface area contributed by atoms with Crippen LogP contribution in [0, 0.1) is 6.92 Å². The first-order chi connectivity index (χ1) is 13.2. The van der Waals surface area contributed by atoms with E-state index in [1.54, 1.807) is 12.1 Å². The fraction of sp³-hybridized carbons (Fsp3) is 0.444. The molecule has 0 aliphatic carbocycles. The molecule has 10 heteroatoms. The van der Waals surface area contributed by atoms with Gasteiger partial charge in [-0.05, 0) is 31.0 Å². The Bertz CT molecular complexity index is 934. The molecule has 8 nitrogen and oxygen atoms in total. The van der Waals surface area contributed by atoms with Crippen LogP contribution >= 0.6 is 11.6 Å². The van der Waals surface area contributed by atoms with Gasteiger partial charge in [0.15, 0.2) is 15.8 Å². The average Bonchev–Trinajstić information content (AvgIpc) is 2.84. The average molecular weight is 427 g/mol. The van der Waals surface area contributed by atoms with Gasteiger partial charge in [-0.15, -0.1) is 0 Å². The topological polar surface area (TPSA) is 108 Å². The number of rotatable bonds is 5.